The number of hydrogen-bond acceptors (Lipinski definition) is 4. The predicted molar refractivity (Wildman–Crippen MR) is 54.7 cm³/mol. The van der Waals surface area contributed by atoms with E-state index in [2.05, 4.69) is 0 Å². The van der Waals surface area contributed by atoms with E-state index in [1.807, 2.05) is 6.92 Å². The van der Waals surface area contributed by atoms with E-state index in [0.717, 1.165) is 6.42 Å². The van der Waals surface area contributed by atoms with Crippen LogP contribution in [0.1, 0.15) is 19.8 Å². The van der Waals surface area contributed by atoms with Crippen LogP contribution in [-0.4, -0.2) is 42.1 Å². The van der Waals surface area contributed by atoms with Gasteiger partial charge in [-0.25, -0.2) is 0 Å². The second-order valence-corrected chi connectivity index (χ2v) is 3.37. The van der Waals surface area contributed by atoms with Gasteiger partial charge in [-0.3, -0.25) is 19.3 Å². The quantitative estimate of drug-likeness (QED) is 0.520. The molecule has 0 fully saturated rings. The summed E-state index contributed by atoms with van der Waals surface area (Å²) in [7, 11) is 0. The Labute approximate surface area is 88.6 Å². The van der Waals surface area contributed by atoms with Crippen molar-refractivity contribution < 1.29 is 14.4 Å². The third kappa shape index (κ3) is 7.63. The van der Waals surface area contributed by atoms with Gasteiger partial charge in [0.2, 0.25) is 11.8 Å². The second kappa shape index (κ2) is 6.94. The first-order chi connectivity index (χ1) is 6.95. The molecule has 15 heavy (non-hydrogen) atoms. The summed E-state index contributed by atoms with van der Waals surface area (Å²) < 4.78 is 0. The van der Waals surface area contributed by atoms with E-state index in [1.54, 1.807) is 0 Å². The Morgan fingerprint density at radius 1 is 1.00 bits per heavy atom. The predicted octanol–water partition coefficient (Wildman–Crippen LogP) is -1.37. The van der Waals surface area contributed by atoms with Crippen molar-refractivity contribution in [3.63, 3.8) is 0 Å². The molecule has 0 bridgehead atoms. The third-order valence-corrected chi connectivity index (χ3v) is 1.69. The number of carbonyl (C=O) groups is 3. The zero-order chi connectivity index (χ0) is 11.8. The SMILES string of the molecule is CCCC(=O)CN(CC(N)=O)CC(N)=O. The number of rotatable bonds is 8. The van der Waals surface area contributed by atoms with Crippen LogP contribution < -0.4 is 11.5 Å². The average Bonchev–Trinajstić information content (AvgIpc) is 2.00. The Balaban J connectivity index is 4.16. The average molecular weight is 215 g/mol. The van der Waals surface area contributed by atoms with Crippen LogP contribution in [0.5, 0.6) is 0 Å². The first-order valence-electron chi connectivity index (χ1n) is 4.76. The van der Waals surface area contributed by atoms with Gasteiger partial charge in [-0.15, -0.1) is 0 Å². The fourth-order valence-corrected chi connectivity index (χ4v) is 1.22. The van der Waals surface area contributed by atoms with E-state index >= 15 is 0 Å². The summed E-state index contributed by atoms with van der Waals surface area (Å²) in [6.45, 7) is 1.67. The van der Waals surface area contributed by atoms with Crippen molar-refractivity contribution >= 4 is 17.6 Å². The van der Waals surface area contributed by atoms with Gasteiger partial charge in [-0.2, -0.15) is 0 Å². The maximum Gasteiger partial charge on any atom is 0.231 e. The Hall–Kier alpha value is -1.43. The first kappa shape index (κ1) is 13.6. The molecular formula is C9H17N3O3. The lowest BCUT2D eigenvalue weighted by Crippen LogP contribution is -2.42. The van der Waals surface area contributed by atoms with Crippen LogP contribution in [0, 0.1) is 0 Å². The highest BCUT2D eigenvalue weighted by Crippen LogP contribution is 1.94. The highest BCUT2D eigenvalue weighted by atomic mass is 16.2. The van der Waals surface area contributed by atoms with Crippen LogP contribution in [0.15, 0.2) is 0 Å². The Bertz CT molecular complexity index is 237. The van der Waals surface area contributed by atoms with Crippen LogP contribution in [0.2, 0.25) is 0 Å². The lowest BCUT2D eigenvalue weighted by molar-refractivity contribution is -0.124. The minimum absolute atomic E-state index is 0.0278. The van der Waals surface area contributed by atoms with Gasteiger partial charge >= 0.3 is 0 Å². The zero-order valence-electron chi connectivity index (χ0n) is 8.86. The standard InChI is InChI=1S/C9H17N3O3/c1-2-3-7(13)4-12(5-8(10)14)6-9(11)15/h2-6H2,1H3,(H2,10,14)(H2,11,15). The number of carbonyl (C=O) groups excluding carboxylic acids is 3. The summed E-state index contributed by atoms with van der Waals surface area (Å²) in [5.41, 5.74) is 9.95. The number of primary amides is 2. The molecule has 0 unspecified atom stereocenters. The van der Waals surface area contributed by atoms with E-state index < -0.39 is 11.8 Å². The van der Waals surface area contributed by atoms with Crippen molar-refractivity contribution in [3.05, 3.63) is 0 Å². The fraction of sp³-hybridized carbons (Fsp3) is 0.667. The summed E-state index contributed by atoms with van der Waals surface area (Å²) in [6, 6.07) is 0. The number of Topliss-reactive ketones (excluding diaryl/α,β-unsaturated/α-hetero) is 1. The molecule has 2 amide bonds. The number of amides is 2. The summed E-state index contributed by atoms with van der Waals surface area (Å²) >= 11 is 0. The van der Waals surface area contributed by atoms with Crippen LogP contribution >= 0.6 is 0 Å². The van der Waals surface area contributed by atoms with Crippen molar-refractivity contribution in [2.75, 3.05) is 19.6 Å². The normalized spacial score (nSPS) is 10.3. The first-order valence-corrected chi connectivity index (χ1v) is 4.76. The van der Waals surface area contributed by atoms with E-state index in [1.165, 1.54) is 4.90 Å². The van der Waals surface area contributed by atoms with Crippen molar-refractivity contribution in [2.45, 2.75) is 19.8 Å². The Morgan fingerprint density at radius 2 is 1.47 bits per heavy atom. The van der Waals surface area contributed by atoms with Gasteiger partial charge in [0.15, 0.2) is 0 Å². The maximum absolute atomic E-state index is 11.3. The number of nitrogens with zero attached hydrogens (tertiary/aromatic N) is 1. The highest BCUT2D eigenvalue weighted by molar-refractivity contribution is 5.83. The third-order valence-electron chi connectivity index (χ3n) is 1.69. The summed E-state index contributed by atoms with van der Waals surface area (Å²) in [5, 5.41) is 0. The largest absolute Gasteiger partial charge is 0.369 e. The molecule has 0 atom stereocenters. The molecule has 0 spiro atoms. The molecule has 0 aliphatic heterocycles. The monoisotopic (exact) mass is 215 g/mol. The molecule has 0 rings (SSSR count). The fourth-order valence-electron chi connectivity index (χ4n) is 1.22. The minimum Gasteiger partial charge on any atom is -0.369 e. The van der Waals surface area contributed by atoms with Gasteiger partial charge in [0.05, 0.1) is 19.6 Å². The zero-order valence-corrected chi connectivity index (χ0v) is 8.86. The molecule has 86 valence electrons. The minimum atomic E-state index is -0.583. The van der Waals surface area contributed by atoms with E-state index in [9.17, 15) is 14.4 Å². The van der Waals surface area contributed by atoms with Crippen LogP contribution in [0.3, 0.4) is 0 Å². The molecule has 0 heterocycles. The van der Waals surface area contributed by atoms with Gasteiger partial charge in [0, 0.05) is 6.42 Å². The molecular weight excluding hydrogens is 198 g/mol. The molecule has 6 heteroatoms. The van der Waals surface area contributed by atoms with Crippen LogP contribution in [0.4, 0.5) is 0 Å². The van der Waals surface area contributed by atoms with Crippen molar-refractivity contribution in [3.8, 4) is 0 Å². The topological polar surface area (TPSA) is 106 Å². The number of ketones is 1. The van der Waals surface area contributed by atoms with Crippen LogP contribution in [-0.2, 0) is 14.4 Å². The molecule has 0 saturated heterocycles. The van der Waals surface area contributed by atoms with E-state index in [4.69, 9.17) is 11.5 Å². The van der Waals surface area contributed by atoms with E-state index in [-0.39, 0.29) is 25.4 Å². The highest BCUT2D eigenvalue weighted by Gasteiger charge is 2.14. The molecule has 0 saturated carbocycles. The molecule has 0 aromatic heterocycles. The summed E-state index contributed by atoms with van der Waals surface area (Å²) in [5.74, 6) is -1.19. The van der Waals surface area contributed by atoms with Crippen LogP contribution in [0.25, 0.3) is 0 Å². The second-order valence-electron chi connectivity index (χ2n) is 3.37. The maximum atomic E-state index is 11.3. The Morgan fingerprint density at radius 3 is 1.80 bits per heavy atom. The molecule has 0 aromatic carbocycles. The summed E-state index contributed by atoms with van der Waals surface area (Å²) in [6.07, 6.45) is 1.16. The summed E-state index contributed by atoms with van der Waals surface area (Å²) in [4.78, 5) is 33.9. The lowest BCUT2D eigenvalue weighted by atomic mass is 10.2. The molecule has 0 aliphatic carbocycles. The molecule has 0 aliphatic rings. The molecule has 4 N–H and O–H groups in total. The molecule has 0 radical (unpaired) electrons. The van der Waals surface area contributed by atoms with Crippen molar-refractivity contribution in [2.24, 2.45) is 11.5 Å². The van der Waals surface area contributed by atoms with Crippen molar-refractivity contribution in [1.29, 1.82) is 0 Å². The van der Waals surface area contributed by atoms with E-state index in [0.29, 0.717) is 6.42 Å². The van der Waals surface area contributed by atoms with Gasteiger partial charge in [0.1, 0.15) is 5.78 Å². The number of hydrogen-bond donors (Lipinski definition) is 2. The van der Waals surface area contributed by atoms with Gasteiger partial charge in [-0.05, 0) is 6.42 Å². The number of nitrogens with two attached hydrogens (primary N) is 2. The smallest absolute Gasteiger partial charge is 0.231 e. The van der Waals surface area contributed by atoms with Crippen molar-refractivity contribution in [1.82, 2.24) is 4.90 Å². The van der Waals surface area contributed by atoms with Gasteiger partial charge in [0.25, 0.3) is 0 Å². The van der Waals surface area contributed by atoms with Gasteiger partial charge < -0.3 is 11.5 Å². The molecule has 0 aromatic rings. The molecule has 6 nitrogen and oxygen atoms in total. The lowest BCUT2D eigenvalue weighted by Gasteiger charge is -2.17. The Kier molecular flexibility index (Phi) is 6.28. The van der Waals surface area contributed by atoms with Gasteiger partial charge in [-0.1, -0.05) is 6.92 Å².